The summed E-state index contributed by atoms with van der Waals surface area (Å²) in [5, 5.41) is 10.2. The summed E-state index contributed by atoms with van der Waals surface area (Å²) in [4.78, 5) is 0. The summed E-state index contributed by atoms with van der Waals surface area (Å²) in [6.07, 6.45) is -0.824. The van der Waals surface area contributed by atoms with Crippen molar-refractivity contribution in [2.45, 2.75) is 19.4 Å². The van der Waals surface area contributed by atoms with Gasteiger partial charge in [-0.1, -0.05) is 28.1 Å². The number of hydrogen-bond donors (Lipinski definition) is 1. The largest absolute Gasteiger partial charge is 0.388 e. The van der Waals surface area contributed by atoms with Crippen LogP contribution in [0.4, 0.5) is 8.78 Å². The summed E-state index contributed by atoms with van der Waals surface area (Å²) < 4.78 is 27.5. The fraction of sp³-hybridized carbons (Fsp3) is 0.200. The van der Waals surface area contributed by atoms with E-state index in [1.54, 1.807) is 12.1 Å². The molecule has 1 N–H and O–H groups in total. The Kier molecular flexibility index (Phi) is 4.32. The molecule has 0 spiro atoms. The van der Waals surface area contributed by atoms with Crippen molar-refractivity contribution in [2.75, 3.05) is 0 Å². The second-order valence-electron chi connectivity index (χ2n) is 4.41. The predicted molar refractivity (Wildman–Crippen MR) is 73.9 cm³/mol. The van der Waals surface area contributed by atoms with Crippen molar-refractivity contribution in [1.29, 1.82) is 0 Å². The molecule has 0 aliphatic carbocycles. The Morgan fingerprint density at radius 2 is 1.95 bits per heavy atom. The molecule has 2 aromatic rings. The molecule has 1 nitrogen and oxygen atoms in total. The lowest BCUT2D eigenvalue weighted by molar-refractivity contribution is 0.176. The summed E-state index contributed by atoms with van der Waals surface area (Å²) in [5.41, 5.74) is 1.77. The van der Waals surface area contributed by atoms with Crippen LogP contribution >= 0.6 is 15.9 Å². The second kappa shape index (κ2) is 5.80. The molecular weight excluding hydrogens is 314 g/mol. The summed E-state index contributed by atoms with van der Waals surface area (Å²) in [6, 6.07) is 8.71. The molecular formula is C15H13BrF2O. The molecule has 0 aliphatic rings. The molecule has 1 atom stereocenters. The van der Waals surface area contributed by atoms with Crippen LogP contribution < -0.4 is 0 Å². The van der Waals surface area contributed by atoms with Gasteiger partial charge in [0.15, 0.2) is 0 Å². The van der Waals surface area contributed by atoms with E-state index in [-0.39, 0.29) is 12.0 Å². The van der Waals surface area contributed by atoms with Gasteiger partial charge in [0, 0.05) is 10.9 Å². The third kappa shape index (κ3) is 3.19. The van der Waals surface area contributed by atoms with Crippen molar-refractivity contribution in [2.24, 2.45) is 0 Å². The molecule has 2 rings (SSSR count). The SMILES string of the molecule is Cc1c(Br)cccc1C(O)Cc1cc(F)ccc1F. The molecule has 0 saturated heterocycles. The van der Waals surface area contributed by atoms with Crippen molar-refractivity contribution >= 4 is 15.9 Å². The summed E-state index contributed by atoms with van der Waals surface area (Å²) in [7, 11) is 0. The van der Waals surface area contributed by atoms with Gasteiger partial charge in [-0.25, -0.2) is 8.78 Å². The average molecular weight is 327 g/mol. The molecule has 0 aromatic heterocycles. The van der Waals surface area contributed by atoms with Crippen molar-refractivity contribution in [1.82, 2.24) is 0 Å². The summed E-state index contributed by atoms with van der Waals surface area (Å²) in [6.45, 7) is 1.87. The van der Waals surface area contributed by atoms with Gasteiger partial charge in [0.1, 0.15) is 11.6 Å². The number of benzene rings is 2. The zero-order valence-corrected chi connectivity index (χ0v) is 11.9. The molecule has 0 amide bonds. The van der Waals surface area contributed by atoms with Crippen molar-refractivity contribution in [3.63, 3.8) is 0 Å². The standard InChI is InChI=1S/C15H13BrF2O/c1-9-12(3-2-4-13(9)16)15(19)8-10-7-11(17)5-6-14(10)18/h2-7,15,19H,8H2,1H3. The quantitative estimate of drug-likeness (QED) is 0.891. The molecule has 4 heteroatoms. The lowest BCUT2D eigenvalue weighted by Gasteiger charge is -2.15. The highest BCUT2D eigenvalue weighted by Gasteiger charge is 2.15. The Bertz CT molecular complexity index is 599. The first-order valence-electron chi connectivity index (χ1n) is 5.86. The zero-order chi connectivity index (χ0) is 14.0. The van der Waals surface area contributed by atoms with Gasteiger partial charge >= 0.3 is 0 Å². The van der Waals surface area contributed by atoms with Gasteiger partial charge in [-0.3, -0.25) is 0 Å². The molecule has 0 radical (unpaired) electrons. The average Bonchev–Trinajstić information content (AvgIpc) is 2.37. The number of aliphatic hydroxyl groups is 1. The lowest BCUT2D eigenvalue weighted by atomic mass is 9.97. The Hall–Kier alpha value is -1.26. The van der Waals surface area contributed by atoms with E-state index >= 15 is 0 Å². The van der Waals surface area contributed by atoms with E-state index in [9.17, 15) is 13.9 Å². The first-order chi connectivity index (χ1) is 8.99. The molecule has 0 aliphatic heterocycles. The Morgan fingerprint density at radius 3 is 2.68 bits per heavy atom. The van der Waals surface area contributed by atoms with E-state index in [2.05, 4.69) is 15.9 Å². The topological polar surface area (TPSA) is 20.2 Å². The van der Waals surface area contributed by atoms with E-state index in [0.717, 1.165) is 28.2 Å². The lowest BCUT2D eigenvalue weighted by Crippen LogP contribution is -2.06. The summed E-state index contributed by atoms with van der Waals surface area (Å²) >= 11 is 3.38. The van der Waals surface area contributed by atoms with Crippen LogP contribution in [-0.2, 0) is 6.42 Å². The van der Waals surface area contributed by atoms with E-state index in [1.165, 1.54) is 0 Å². The van der Waals surface area contributed by atoms with Crippen LogP contribution in [0.1, 0.15) is 22.8 Å². The first kappa shape index (κ1) is 14.2. The van der Waals surface area contributed by atoms with Crippen LogP contribution in [-0.4, -0.2) is 5.11 Å². The highest BCUT2D eigenvalue weighted by atomic mass is 79.9. The van der Waals surface area contributed by atoms with Gasteiger partial charge in [0.05, 0.1) is 6.10 Å². The Balaban J connectivity index is 2.28. The van der Waals surface area contributed by atoms with E-state index in [0.29, 0.717) is 5.56 Å². The van der Waals surface area contributed by atoms with Crippen LogP contribution in [0.2, 0.25) is 0 Å². The molecule has 0 fully saturated rings. The van der Waals surface area contributed by atoms with Crippen LogP contribution in [0.15, 0.2) is 40.9 Å². The van der Waals surface area contributed by atoms with Crippen molar-refractivity contribution in [3.05, 3.63) is 69.2 Å². The van der Waals surface area contributed by atoms with Crippen LogP contribution in [0, 0.1) is 18.6 Å². The monoisotopic (exact) mass is 326 g/mol. The van der Waals surface area contributed by atoms with Gasteiger partial charge in [-0.2, -0.15) is 0 Å². The van der Waals surface area contributed by atoms with E-state index in [4.69, 9.17) is 0 Å². The third-order valence-electron chi connectivity index (χ3n) is 3.09. The molecule has 0 heterocycles. The number of aliphatic hydroxyl groups excluding tert-OH is 1. The number of rotatable bonds is 3. The molecule has 19 heavy (non-hydrogen) atoms. The number of halogens is 3. The van der Waals surface area contributed by atoms with E-state index in [1.807, 2.05) is 13.0 Å². The van der Waals surface area contributed by atoms with Crippen molar-refractivity contribution in [3.8, 4) is 0 Å². The normalized spacial score (nSPS) is 12.5. The smallest absolute Gasteiger partial charge is 0.126 e. The minimum atomic E-state index is -0.867. The Morgan fingerprint density at radius 1 is 1.21 bits per heavy atom. The minimum Gasteiger partial charge on any atom is -0.388 e. The first-order valence-corrected chi connectivity index (χ1v) is 6.65. The van der Waals surface area contributed by atoms with Gasteiger partial charge in [-0.15, -0.1) is 0 Å². The minimum absolute atomic E-state index is 0.0425. The highest BCUT2D eigenvalue weighted by Crippen LogP contribution is 2.27. The fourth-order valence-electron chi connectivity index (χ4n) is 2.00. The molecule has 0 bridgehead atoms. The van der Waals surface area contributed by atoms with Gasteiger partial charge < -0.3 is 5.11 Å². The molecule has 0 saturated carbocycles. The van der Waals surface area contributed by atoms with Gasteiger partial charge in [0.25, 0.3) is 0 Å². The molecule has 2 aromatic carbocycles. The fourth-order valence-corrected chi connectivity index (χ4v) is 2.38. The third-order valence-corrected chi connectivity index (χ3v) is 3.95. The molecule has 1 unspecified atom stereocenters. The zero-order valence-electron chi connectivity index (χ0n) is 10.3. The van der Waals surface area contributed by atoms with Crippen LogP contribution in [0.5, 0.6) is 0 Å². The predicted octanol–water partition coefficient (Wildman–Crippen LogP) is 4.31. The molecule has 100 valence electrons. The highest BCUT2D eigenvalue weighted by molar-refractivity contribution is 9.10. The maximum Gasteiger partial charge on any atom is 0.126 e. The second-order valence-corrected chi connectivity index (χ2v) is 5.26. The number of hydrogen-bond acceptors (Lipinski definition) is 1. The van der Waals surface area contributed by atoms with E-state index < -0.39 is 17.7 Å². The van der Waals surface area contributed by atoms with Crippen molar-refractivity contribution < 1.29 is 13.9 Å². The van der Waals surface area contributed by atoms with Crippen LogP contribution in [0.25, 0.3) is 0 Å². The van der Waals surface area contributed by atoms with Gasteiger partial charge in [-0.05, 0) is 47.9 Å². The summed E-state index contributed by atoms with van der Waals surface area (Å²) in [5.74, 6) is -1.01. The van der Waals surface area contributed by atoms with Gasteiger partial charge in [0.2, 0.25) is 0 Å². The Labute approximate surface area is 119 Å². The maximum atomic E-state index is 13.5. The maximum absolute atomic E-state index is 13.5. The van der Waals surface area contributed by atoms with Crippen LogP contribution in [0.3, 0.4) is 0 Å².